The molecule has 0 radical (unpaired) electrons. The highest BCUT2D eigenvalue weighted by Gasteiger charge is 2.39. The zero-order valence-electron chi connectivity index (χ0n) is 23.5. The van der Waals surface area contributed by atoms with Gasteiger partial charge in [-0.2, -0.15) is 13.2 Å². The second-order valence-electron chi connectivity index (χ2n) is 11.0. The van der Waals surface area contributed by atoms with Crippen LogP contribution in [-0.4, -0.2) is 69.8 Å². The zero-order valence-corrected chi connectivity index (χ0v) is 24.3. The molecule has 0 spiro atoms. The molecule has 2 fully saturated rings. The Morgan fingerprint density at radius 1 is 1.10 bits per heavy atom. The van der Waals surface area contributed by atoms with Crippen molar-refractivity contribution in [1.82, 2.24) is 24.8 Å². The fourth-order valence-corrected chi connectivity index (χ4v) is 6.34. The van der Waals surface area contributed by atoms with Crippen molar-refractivity contribution in [2.75, 3.05) is 37.8 Å². The lowest BCUT2D eigenvalue weighted by atomic mass is 9.89. The molecule has 0 bridgehead atoms. The Labute approximate surface area is 246 Å². The number of carbonyl (C=O) groups excluding carboxylic acids is 2. The summed E-state index contributed by atoms with van der Waals surface area (Å²) in [7, 11) is 3.89. The molecule has 3 heterocycles. The number of piperidine rings is 1. The van der Waals surface area contributed by atoms with Crippen LogP contribution < -0.4 is 10.6 Å². The number of benzene rings is 1. The number of halogens is 3. The van der Waals surface area contributed by atoms with E-state index in [1.807, 2.05) is 7.05 Å². The quantitative estimate of drug-likeness (QED) is 0.354. The zero-order chi connectivity index (χ0) is 29.9. The van der Waals surface area contributed by atoms with Crippen molar-refractivity contribution in [3.05, 3.63) is 58.9 Å². The molecular weight excluding hydrogens is 567 g/mol. The van der Waals surface area contributed by atoms with Gasteiger partial charge in [-0.05, 0) is 82.4 Å². The fraction of sp³-hybridized carbons (Fsp3) is 0.483. The van der Waals surface area contributed by atoms with E-state index in [-0.39, 0.29) is 41.8 Å². The van der Waals surface area contributed by atoms with Gasteiger partial charge in [-0.1, -0.05) is 6.42 Å². The molecule has 0 unspecified atom stereocenters. The fourth-order valence-electron chi connectivity index (χ4n) is 5.80. The van der Waals surface area contributed by atoms with E-state index in [4.69, 9.17) is 0 Å². The molecule has 2 N–H and O–H groups in total. The van der Waals surface area contributed by atoms with E-state index in [1.54, 1.807) is 40.7 Å². The Bertz CT molecular complexity index is 1380. The molecule has 9 nitrogen and oxygen atoms in total. The number of carbonyl (C=O) groups is 2. The summed E-state index contributed by atoms with van der Waals surface area (Å²) in [6, 6.07) is 6.93. The standard InChI is InChI=1S/C29H34F3N7O2S/c1-38-13-10-21(11-14-38)39(2)26(41)18-6-8-20(9-7-18)35-27-34-17-23(29(30,31)32)24(36-27)16-19-4-3-5-22(19)25(40)37-28-33-12-15-42-28/h6-9,12,15,17,19,21-22H,3-5,10-11,13-14,16H2,1-2H3,(H,33,37,40)(H,34,35,36)/t19-,22-/m0/s1. The molecule has 13 heteroatoms. The van der Waals surface area contributed by atoms with Crippen LogP contribution in [0.4, 0.5) is 29.9 Å². The van der Waals surface area contributed by atoms with Gasteiger partial charge in [-0.15, -0.1) is 11.3 Å². The Balaban J connectivity index is 1.28. The van der Waals surface area contributed by atoms with Gasteiger partial charge in [0.1, 0.15) is 0 Å². The van der Waals surface area contributed by atoms with Gasteiger partial charge >= 0.3 is 6.18 Å². The van der Waals surface area contributed by atoms with Gasteiger partial charge in [0, 0.05) is 48.0 Å². The number of aromatic nitrogens is 3. The molecule has 2 aromatic heterocycles. The lowest BCUT2D eigenvalue weighted by Gasteiger charge is -2.35. The summed E-state index contributed by atoms with van der Waals surface area (Å²) in [6.07, 6.45) is 1.55. The molecule has 224 valence electrons. The van der Waals surface area contributed by atoms with Gasteiger partial charge in [0.25, 0.3) is 5.91 Å². The third kappa shape index (κ3) is 7.06. The van der Waals surface area contributed by atoms with Crippen molar-refractivity contribution < 1.29 is 22.8 Å². The largest absolute Gasteiger partial charge is 0.419 e. The monoisotopic (exact) mass is 601 g/mol. The first kappa shape index (κ1) is 29.9. The average molecular weight is 602 g/mol. The van der Waals surface area contributed by atoms with Crippen LogP contribution in [0, 0.1) is 11.8 Å². The summed E-state index contributed by atoms with van der Waals surface area (Å²) < 4.78 is 41.7. The van der Waals surface area contributed by atoms with Gasteiger partial charge in [-0.25, -0.2) is 15.0 Å². The molecule has 1 saturated heterocycles. The molecule has 42 heavy (non-hydrogen) atoms. The van der Waals surface area contributed by atoms with Crippen LogP contribution in [0.2, 0.25) is 0 Å². The van der Waals surface area contributed by atoms with E-state index in [9.17, 15) is 22.8 Å². The third-order valence-electron chi connectivity index (χ3n) is 8.23. The lowest BCUT2D eigenvalue weighted by molar-refractivity contribution is -0.138. The molecule has 5 rings (SSSR count). The molecule has 2 aliphatic rings. The first-order chi connectivity index (χ1) is 20.1. The van der Waals surface area contributed by atoms with Crippen molar-refractivity contribution in [1.29, 1.82) is 0 Å². The summed E-state index contributed by atoms with van der Waals surface area (Å²) in [5.74, 6) is -1.01. The minimum absolute atomic E-state index is 0.00126. The van der Waals surface area contributed by atoms with E-state index in [0.29, 0.717) is 29.2 Å². The molecule has 2 amide bonds. The number of alkyl halides is 3. The Morgan fingerprint density at radius 3 is 2.50 bits per heavy atom. The maximum absolute atomic E-state index is 13.9. The molecule has 1 aliphatic carbocycles. The minimum atomic E-state index is -4.63. The van der Waals surface area contributed by atoms with E-state index in [1.165, 1.54) is 11.3 Å². The molecule has 3 aromatic rings. The Hall–Kier alpha value is -3.58. The van der Waals surface area contributed by atoms with Crippen molar-refractivity contribution >= 4 is 39.9 Å². The Morgan fingerprint density at radius 2 is 1.83 bits per heavy atom. The van der Waals surface area contributed by atoms with Crippen molar-refractivity contribution in [3.63, 3.8) is 0 Å². The van der Waals surface area contributed by atoms with Crippen LogP contribution >= 0.6 is 11.3 Å². The number of nitrogens with zero attached hydrogens (tertiary/aromatic N) is 5. The number of amides is 2. The van der Waals surface area contributed by atoms with Crippen LogP contribution in [0.25, 0.3) is 0 Å². The summed E-state index contributed by atoms with van der Waals surface area (Å²) in [4.78, 5) is 42.2. The van der Waals surface area contributed by atoms with Crippen LogP contribution in [0.5, 0.6) is 0 Å². The van der Waals surface area contributed by atoms with Gasteiger partial charge in [0.2, 0.25) is 11.9 Å². The first-order valence-corrected chi connectivity index (χ1v) is 14.9. The topological polar surface area (TPSA) is 103 Å². The Kier molecular flexibility index (Phi) is 9.07. The summed E-state index contributed by atoms with van der Waals surface area (Å²) >= 11 is 1.29. The lowest BCUT2D eigenvalue weighted by Crippen LogP contribution is -2.44. The second-order valence-corrected chi connectivity index (χ2v) is 11.9. The van der Waals surface area contributed by atoms with E-state index < -0.39 is 17.7 Å². The number of nitrogens with one attached hydrogen (secondary N) is 2. The molecular formula is C29H34F3N7O2S. The van der Waals surface area contributed by atoms with Crippen LogP contribution in [0.3, 0.4) is 0 Å². The number of hydrogen-bond donors (Lipinski definition) is 2. The van der Waals surface area contributed by atoms with E-state index >= 15 is 0 Å². The number of rotatable bonds is 8. The van der Waals surface area contributed by atoms with Crippen molar-refractivity contribution in [3.8, 4) is 0 Å². The van der Waals surface area contributed by atoms with Gasteiger partial charge in [-0.3, -0.25) is 9.59 Å². The van der Waals surface area contributed by atoms with Crippen LogP contribution in [-0.2, 0) is 17.4 Å². The number of anilines is 3. The predicted molar refractivity (Wildman–Crippen MR) is 155 cm³/mol. The molecule has 1 aliphatic heterocycles. The minimum Gasteiger partial charge on any atom is -0.339 e. The molecule has 1 saturated carbocycles. The van der Waals surface area contributed by atoms with E-state index in [0.717, 1.165) is 38.5 Å². The van der Waals surface area contributed by atoms with Crippen molar-refractivity contribution in [2.24, 2.45) is 11.8 Å². The molecule has 2 atom stereocenters. The van der Waals surface area contributed by atoms with Crippen LogP contribution in [0.15, 0.2) is 42.0 Å². The van der Waals surface area contributed by atoms with E-state index in [2.05, 4.69) is 37.5 Å². The number of likely N-dealkylation sites (tertiary alicyclic amines) is 1. The highest BCUT2D eigenvalue weighted by Crippen LogP contribution is 2.38. The number of hydrogen-bond acceptors (Lipinski definition) is 8. The maximum atomic E-state index is 13.9. The smallest absolute Gasteiger partial charge is 0.339 e. The van der Waals surface area contributed by atoms with Gasteiger partial charge < -0.3 is 20.4 Å². The maximum Gasteiger partial charge on any atom is 0.419 e. The third-order valence-corrected chi connectivity index (χ3v) is 8.92. The van der Waals surface area contributed by atoms with Crippen LogP contribution in [0.1, 0.15) is 53.7 Å². The highest BCUT2D eigenvalue weighted by atomic mass is 32.1. The van der Waals surface area contributed by atoms with Gasteiger partial charge in [0.15, 0.2) is 5.13 Å². The van der Waals surface area contributed by atoms with Crippen molar-refractivity contribution in [2.45, 2.75) is 50.7 Å². The predicted octanol–water partition coefficient (Wildman–Crippen LogP) is 5.46. The average Bonchev–Trinajstić information content (AvgIpc) is 3.65. The van der Waals surface area contributed by atoms with Gasteiger partial charge in [0.05, 0.1) is 11.3 Å². The summed E-state index contributed by atoms with van der Waals surface area (Å²) in [6.45, 7) is 1.89. The second kappa shape index (κ2) is 12.7. The summed E-state index contributed by atoms with van der Waals surface area (Å²) in [5.41, 5.74) is 0.0162. The summed E-state index contributed by atoms with van der Waals surface area (Å²) in [5, 5.41) is 7.96. The molecule has 1 aromatic carbocycles. The highest BCUT2D eigenvalue weighted by molar-refractivity contribution is 7.13. The normalized spacial score (nSPS) is 19.9. The first-order valence-electron chi connectivity index (χ1n) is 14.0. The number of thiazole rings is 1. The SMILES string of the molecule is CN1CCC(N(C)C(=O)c2ccc(Nc3ncc(C(F)(F)F)c(C[C@@H]4CCC[C@@H]4C(=O)Nc4nccs4)n3)cc2)CC1.